The second-order valence-electron chi connectivity index (χ2n) is 3.52. The van der Waals surface area contributed by atoms with Gasteiger partial charge in [0, 0.05) is 23.0 Å². The predicted molar refractivity (Wildman–Crippen MR) is 67.9 cm³/mol. The lowest BCUT2D eigenvalue weighted by Crippen LogP contribution is -1.94. The van der Waals surface area contributed by atoms with Gasteiger partial charge >= 0.3 is 6.01 Å². The van der Waals surface area contributed by atoms with Gasteiger partial charge < -0.3 is 4.74 Å². The highest BCUT2D eigenvalue weighted by Gasteiger charge is 2.04. The van der Waals surface area contributed by atoms with Crippen LogP contribution in [-0.4, -0.2) is 9.97 Å². The summed E-state index contributed by atoms with van der Waals surface area (Å²) in [6.07, 6.45) is 3.28. The van der Waals surface area contributed by atoms with E-state index in [1.807, 2.05) is 13.0 Å². The standard InChI is InChI=1S/C12H10Cl2N2O/c1-8-4-10(14)2-3-11(8)17-12-15-6-9(5-13)7-16-12/h2-4,6-7H,5H2,1H3. The number of ether oxygens (including phenoxy) is 1. The Balaban J connectivity index is 2.19. The molecule has 1 aromatic carbocycles. The molecule has 0 spiro atoms. The molecule has 2 rings (SSSR count). The number of benzene rings is 1. The molecule has 0 amide bonds. The van der Waals surface area contributed by atoms with Crippen molar-refractivity contribution in [1.82, 2.24) is 9.97 Å². The van der Waals surface area contributed by atoms with Gasteiger partial charge in [0.05, 0.1) is 5.88 Å². The zero-order valence-corrected chi connectivity index (χ0v) is 10.7. The van der Waals surface area contributed by atoms with Crippen molar-refractivity contribution < 1.29 is 4.74 Å². The van der Waals surface area contributed by atoms with Crippen LogP contribution in [-0.2, 0) is 5.88 Å². The third-order valence-electron chi connectivity index (χ3n) is 2.17. The Morgan fingerprint density at radius 1 is 1.24 bits per heavy atom. The minimum absolute atomic E-state index is 0.296. The summed E-state index contributed by atoms with van der Waals surface area (Å²) in [6, 6.07) is 5.67. The summed E-state index contributed by atoms with van der Waals surface area (Å²) >= 11 is 11.5. The fourth-order valence-electron chi connectivity index (χ4n) is 1.29. The first kappa shape index (κ1) is 12.1. The summed E-state index contributed by atoms with van der Waals surface area (Å²) < 4.78 is 5.54. The van der Waals surface area contributed by atoms with Crippen LogP contribution in [0.15, 0.2) is 30.6 Å². The number of hydrogen-bond acceptors (Lipinski definition) is 3. The van der Waals surface area contributed by atoms with Gasteiger partial charge in [-0.2, -0.15) is 0 Å². The third kappa shape index (κ3) is 3.08. The zero-order chi connectivity index (χ0) is 12.3. The van der Waals surface area contributed by atoms with E-state index in [2.05, 4.69) is 9.97 Å². The summed E-state index contributed by atoms with van der Waals surface area (Å²) in [5, 5.41) is 0.674. The fourth-order valence-corrected chi connectivity index (χ4v) is 1.65. The number of hydrogen-bond donors (Lipinski definition) is 0. The molecule has 0 aliphatic carbocycles. The lowest BCUT2D eigenvalue weighted by molar-refractivity contribution is 0.438. The second-order valence-corrected chi connectivity index (χ2v) is 4.22. The van der Waals surface area contributed by atoms with Gasteiger partial charge in [0.15, 0.2) is 0 Å². The number of alkyl halides is 1. The normalized spacial score (nSPS) is 10.3. The van der Waals surface area contributed by atoms with Gasteiger partial charge in [0.2, 0.25) is 0 Å². The maximum atomic E-state index is 5.86. The molecule has 0 aliphatic heterocycles. The molecule has 0 N–H and O–H groups in total. The molecule has 0 fully saturated rings. The number of aryl methyl sites for hydroxylation is 1. The largest absolute Gasteiger partial charge is 0.424 e. The highest BCUT2D eigenvalue weighted by molar-refractivity contribution is 6.30. The summed E-state index contributed by atoms with van der Waals surface area (Å²) in [7, 11) is 0. The number of nitrogens with zero attached hydrogens (tertiary/aromatic N) is 2. The molecular formula is C12H10Cl2N2O. The fraction of sp³-hybridized carbons (Fsp3) is 0.167. The van der Waals surface area contributed by atoms with Crippen LogP contribution in [0.2, 0.25) is 5.02 Å². The van der Waals surface area contributed by atoms with E-state index in [-0.39, 0.29) is 0 Å². The van der Waals surface area contributed by atoms with Gasteiger partial charge in [-0.3, -0.25) is 0 Å². The molecule has 17 heavy (non-hydrogen) atoms. The Bertz CT molecular complexity index is 514. The molecule has 0 unspecified atom stereocenters. The molecule has 0 aliphatic rings. The summed E-state index contributed by atoms with van der Waals surface area (Å²) in [5.41, 5.74) is 1.79. The lowest BCUT2D eigenvalue weighted by Gasteiger charge is -2.07. The maximum Gasteiger partial charge on any atom is 0.321 e. The molecule has 2 aromatic rings. The molecule has 1 heterocycles. The van der Waals surface area contributed by atoms with Gasteiger partial charge in [0.25, 0.3) is 0 Å². The van der Waals surface area contributed by atoms with Crippen molar-refractivity contribution in [3.05, 3.63) is 46.7 Å². The predicted octanol–water partition coefficient (Wildman–Crippen LogP) is 3.97. The van der Waals surface area contributed by atoms with Crippen molar-refractivity contribution in [1.29, 1.82) is 0 Å². The smallest absolute Gasteiger partial charge is 0.321 e. The third-order valence-corrected chi connectivity index (χ3v) is 2.72. The number of halogens is 2. The van der Waals surface area contributed by atoms with Crippen molar-refractivity contribution in [3.8, 4) is 11.8 Å². The van der Waals surface area contributed by atoms with E-state index in [4.69, 9.17) is 27.9 Å². The maximum absolute atomic E-state index is 5.86. The quantitative estimate of drug-likeness (QED) is 0.791. The van der Waals surface area contributed by atoms with Crippen LogP contribution in [0.25, 0.3) is 0 Å². The molecular weight excluding hydrogens is 259 g/mol. The summed E-state index contributed by atoms with van der Waals surface area (Å²) in [5.74, 6) is 1.08. The van der Waals surface area contributed by atoms with Crippen molar-refractivity contribution in [2.75, 3.05) is 0 Å². The topological polar surface area (TPSA) is 35.0 Å². The van der Waals surface area contributed by atoms with Crippen LogP contribution >= 0.6 is 23.2 Å². The number of aromatic nitrogens is 2. The Kier molecular flexibility index (Phi) is 3.82. The Morgan fingerprint density at radius 2 is 1.94 bits per heavy atom. The SMILES string of the molecule is Cc1cc(Cl)ccc1Oc1ncc(CCl)cn1. The van der Waals surface area contributed by atoms with Gasteiger partial charge in [-0.15, -0.1) is 11.6 Å². The van der Waals surface area contributed by atoms with Gasteiger partial charge in [-0.1, -0.05) is 11.6 Å². The van der Waals surface area contributed by atoms with Crippen LogP contribution in [0.4, 0.5) is 0 Å². The van der Waals surface area contributed by atoms with Gasteiger partial charge in [0.1, 0.15) is 5.75 Å². The average Bonchev–Trinajstić information content (AvgIpc) is 2.34. The van der Waals surface area contributed by atoms with E-state index in [0.29, 0.717) is 22.7 Å². The van der Waals surface area contributed by atoms with E-state index in [0.717, 1.165) is 11.1 Å². The lowest BCUT2D eigenvalue weighted by atomic mass is 10.2. The van der Waals surface area contributed by atoms with Crippen molar-refractivity contribution >= 4 is 23.2 Å². The molecule has 0 atom stereocenters. The van der Waals surface area contributed by atoms with E-state index < -0.39 is 0 Å². The molecule has 0 saturated heterocycles. The van der Waals surface area contributed by atoms with E-state index in [9.17, 15) is 0 Å². The summed E-state index contributed by atoms with van der Waals surface area (Å²) in [6.45, 7) is 1.91. The first-order chi connectivity index (χ1) is 8.19. The molecule has 5 heteroatoms. The van der Waals surface area contributed by atoms with E-state index >= 15 is 0 Å². The van der Waals surface area contributed by atoms with Crippen LogP contribution in [0, 0.1) is 6.92 Å². The van der Waals surface area contributed by atoms with Crippen molar-refractivity contribution in [2.24, 2.45) is 0 Å². The molecule has 88 valence electrons. The Morgan fingerprint density at radius 3 is 2.53 bits per heavy atom. The molecule has 0 saturated carbocycles. The van der Waals surface area contributed by atoms with Crippen LogP contribution < -0.4 is 4.74 Å². The van der Waals surface area contributed by atoms with Crippen molar-refractivity contribution in [2.45, 2.75) is 12.8 Å². The minimum atomic E-state index is 0.296. The van der Waals surface area contributed by atoms with Crippen molar-refractivity contribution in [3.63, 3.8) is 0 Å². The van der Waals surface area contributed by atoms with E-state index in [1.54, 1.807) is 24.5 Å². The highest BCUT2D eigenvalue weighted by Crippen LogP contribution is 2.25. The number of rotatable bonds is 3. The Labute approximate surface area is 109 Å². The second kappa shape index (κ2) is 5.34. The summed E-state index contributed by atoms with van der Waals surface area (Å²) in [4.78, 5) is 8.12. The molecule has 0 bridgehead atoms. The first-order valence-corrected chi connectivity index (χ1v) is 5.91. The van der Waals surface area contributed by atoms with Gasteiger partial charge in [-0.05, 0) is 30.7 Å². The molecule has 3 nitrogen and oxygen atoms in total. The van der Waals surface area contributed by atoms with Crippen LogP contribution in [0.1, 0.15) is 11.1 Å². The monoisotopic (exact) mass is 268 g/mol. The molecule has 0 radical (unpaired) electrons. The van der Waals surface area contributed by atoms with E-state index in [1.165, 1.54) is 0 Å². The minimum Gasteiger partial charge on any atom is -0.424 e. The molecule has 1 aromatic heterocycles. The van der Waals surface area contributed by atoms with Crippen LogP contribution in [0.3, 0.4) is 0 Å². The van der Waals surface area contributed by atoms with Gasteiger partial charge in [-0.25, -0.2) is 9.97 Å². The Hall–Kier alpha value is -1.32. The average molecular weight is 269 g/mol. The highest BCUT2D eigenvalue weighted by atomic mass is 35.5. The zero-order valence-electron chi connectivity index (χ0n) is 9.15. The first-order valence-electron chi connectivity index (χ1n) is 5.00. The van der Waals surface area contributed by atoms with Crippen LogP contribution in [0.5, 0.6) is 11.8 Å².